The molecule has 0 aliphatic carbocycles. The lowest BCUT2D eigenvalue weighted by atomic mass is 10.2. The summed E-state index contributed by atoms with van der Waals surface area (Å²) in [5, 5.41) is 4.09. The van der Waals surface area contributed by atoms with E-state index < -0.39 is 0 Å². The predicted octanol–water partition coefficient (Wildman–Crippen LogP) is 3.80. The molecule has 0 N–H and O–H groups in total. The van der Waals surface area contributed by atoms with Crippen LogP contribution in [0, 0.1) is 6.92 Å². The Balaban J connectivity index is 1.44. The molecule has 7 nitrogen and oxygen atoms in total. The fourth-order valence-corrected chi connectivity index (χ4v) is 3.48. The van der Waals surface area contributed by atoms with Crippen LogP contribution in [0.4, 0.5) is 0 Å². The van der Waals surface area contributed by atoms with Crippen LogP contribution in [0.2, 0.25) is 0 Å². The van der Waals surface area contributed by atoms with Gasteiger partial charge in [0.2, 0.25) is 11.7 Å². The van der Waals surface area contributed by atoms with Crippen molar-refractivity contribution in [3.63, 3.8) is 0 Å². The molecule has 1 saturated heterocycles. The van der Waals surface area contributed by atoms with Crippen molar-refractivity contribution in [3.8, 4) is 22.9 Å². The molecule has 1 atom stereocenters. The van der Waals surface area contributed by atoms with Gasteiger partial charge in [-0.1, -0.05) is 17.3 Å². The van der Waals surface area contributed by atoms with Crippen molar-refractivity contribution in [1.29, 1.82) is 0 Å². The van der Waals surface area contributed by atoms with Gasteiger partial charge in [-0.25, -0.2) is 0 Å². The summed E-state index contributed by atoms with van der Waals surface area (Å²) in [5.41, 5.74) is 1.92. The number of methoxy groups -OCH3 is 1. The monoisotopic (exact) mass is 393 g/mol. The second-order valence-electron chi connectivity index (χ2n) is 7.04. The molecule has 7 heteroatoms. The zero-order chi connectivity index (χ0) is 20.2. The molecule has 1 amide bonds. The number of rotatable bonds is 6. The van der Waals surface area contributed by atoms with Gasteiger partial charge in [-0.2, -0.15) is 4.98 Å². The number of hydrogen-bond donors (Lipinski definition) is 0. The number of ether oxygens (including phenoxy) is 2. The number of likely N-dealkylation sites (tertiary alicyclic amines) is 1. The number of carbonyl (C=O) groups excluding carboxylic acids is 1. The van der Waals surface area contributed by atoms with E-state index in [1.807, 2.05) is 55.5 Å². The third-order valence-corrected chi connectivity index (χ3v) is 5.00. The van der Waals surface area contributed by atoms with Crippen molar-refractivity contribution < 1.29 is 18.8 Å². The molecule has 1 fully saturated rings. The minimum Gasteiger partial charge on any atom is -0.497 e. The van der Waals surface area contributed by atoms with Gasteiger partial charge in [0.25, 0.3) is 5.91 Å². The normalized spacial score (nSPS) is 16.1. The molecule has 3 aromatic rings. The van der Waals surface area contributed by atoms with Crippen molar-refractivity contribution in [2.24, 2.45) is 0 Å². The Morgan fingerprint density at radius 2 is 2.03 bits per heavy atom. The van der Waals surface area contributed by atoms with Gasteiger partial charge >= 0.3 is 0 Å². The zero-order valence-corrected chi connectivity index (χ0v) is 16.5. The van der Waals surface area contributed by atoms with Gasteiger partial charge in [0, 0.05) is 12.1 Å². The Bertz CT molecular complexity index is 984. The first-order chi connectivity index (χ1) is 14.1. The maximum atomic E-state index is 12.7. The van der Waals surface area contributed by atoms with Gasteiger partial charge in [-0.05, 0) is 61.7 Å². The summed E-state index contributed by atoms with van der Waals surface area (Å²) >= 11 is 0. The fourth-order valence-electron chi connectivity index (χ4n) is 3.48. The first-order valence-corrected chi connectivity index (χ1v) is 9.61. The largest absolute Gasteiger partial charge is 0.497 e. The highest BCUT2D eigenvalue weighted by molar-refractivity contribution is 5.78. The highest BCUT2D eigenvalue weighted by atomic mass is 16.5. The lowest BCUT2D eigenvalue weighted by molar-refractivity contribution is -0.134. The second kappa shape index (κ2) is 8.34. The maximum absolute atomic E-state index is 12.7. The summed E-state index contributed by atoms with van der Waals surface area (Å²) in [6.45, 7) is 2.63. The summed E-state index contributed by atoms with van der Waals surface area (Å²) in [6.07, 6.45) is 1.68. The molecular weight excluding hydrogens is 370 g/mol. The van der Waals surface area contributed by atoms with Crippen LogP contribution in [0.1, 0.15) is 30.3 Å². The quantitative estimate of drug-likeness (QED) is 0.634. The van der Waals surface area contributed by atoms with E-state index in [1.165, 1.54) is 0 Å². The van der Waals surface area contributed by atoms with Gasteiger partial charge < -0.3 is 18.9 Å². The number of nitrogens with zero attached hydrogens (tertiary/aromatic N) is 3. The molecule has 29 heavy (non-hydrogen) atoms. The summed E-state index contributed by atoms with van der Waals surface area (Å²) < 4.78 is 16.3. The SMILES string of the molecule is COc1ccc(-c2noc(C3CCCN3C(=O)COc3cccc(C)c3)n2)cc1. The highest BCUT2D eigenvalue weighted by Gasteiger charge is 2.34. The van der Waals surface area contributed by atoms with Gasteiger partial charge in [0.05, 0.1) is 7.11 Å². The highest BCUT2D eigenvalue weighted by Crippen LogP contribution is 2.32. The average molecular weight is 393 g/mol. The van der Waals surface area contributed by atoms with E-state index in [2.05, 4.69) is 10.1 Å². The number of benzene rings is 2. The molecule has 1 aliphatic heterocycles. The second-order valence-corrected chi connectivity index (χ2v) is 7.04. The number of aromatic nitrogens is 2. The summed E-state index contributed by atoms with van der Waals surface area (Å²) in [5.74, 6) is 2.32. The molecule has 0 bridgehead atoms. The van der Waals surface area contributed by atoms with Crippen LogP contribution >= 0.6 is 0 Å². The Morgan fingerprint density at radius 3 is 2.79 bits per heavy atom. The predicted molar refractivity (Wildman–Crippen MR) is 107 cm³/mol. The van der Waals surface area contributed by atoms with Gasteiger partial charge in [0.1, 0.15) is 17.5 Å². The Kier molecular flexibility index (Phi) is 5.46. The average Bonchev–Trinajstić information content (AvgIpc) is 3.41. The van der Waals surface area contributed by atoms with Crippen LogP contribution in [-0.4, -0.2) is 41.2 Å². The van der Waals surface area contributed by atoms with Gasteiger partial charge in [-0.3, -0.25) is 4.79 Å². The molecule has 0 radical (unpaired) electrons. The zero-order valence-electron chi connectivity index (χ0n) is 16.5. The van der Waals surface area contributed by atoms with Crippen molar-refractivity contribution in [3.05, 3.63) is 60.0 Å². The van der Waals surface area contributed by atoms with Crippen LogP contribution < -0.4 is 9.47 Å². The van der Waals surface area contributed by atoms with E-state index in [9.17, 15) is 4.79 Å². The lowest BCUT2D eigenvalue weighted by Gasteiger charge is -2.21. The van der Waals surface area contributed by atoms with Crippen molar-refractivity contribution in [2.75, 3.05) is 20.3 Å². The minimum atomic E-state index is -0.219. The number of hydrogen-bond acceptors (Lipinski definition) is 6. The Labute approximate surface area is 169 Å². The van der Waals surface area contributed by atoms with E-state index in [1.54, 1.807) is 12.0 Å². The van der Waals surface area contributed by atoms with Crippen molar-refractivity contribution in [1.82, 2.24) is 15.0 Å². The van der Waals surface area contributed by atoms with E-state index in [0.29, 0.717) is 24.0 Å². The molecule has 2 aromatic carbocycles. The van der Waals surface area contributed by atoms with E-state index in [0.717, 1.165) is 29.7 Å². The van der Waals surface area contributed by atoms with Crippen LogP contribution in [-0.2, 0) is 4.79 Å². The molecule has 1 aromatic heterocycles. The topological polar surface area (TPSA) is 77.7 Å². The van der Waals surface area contributed by atoms with Crippen LogP contribution in [0.25, 0.3) is 11.4 Å². The van der Waals surface area contributed by atoms with Crippen molar-refractivity contribution in [2.45, 2.75) is 25.8 Å². The van der Waals surface area contributed by atoms with Gasteiger partial charge in [0.15, 0.2) is 6.61 Å². The Morgan fingerprint density at radius 1 is 1.21 bits per heavy atom. The van der Waals surface area contributed by atoms with Crippen LogP contribution in [0.3, 0.4) is 0 Å². The molecule has 0 saturated carbocycles. The third-order valence-electron chi connectivity index (χ3n) is 5.00. The number of amides is 1. The van der Waals surface area contributed by atoms with Crippen molar-refractivity contribution >= 4 is 5.91 Å². The maximum Gasteiger partial charge on any atom is 0.261 e. The fraction of sp³-hybridized carbons (Fsp3) is 0.318. The third kappa shape index (κ3) is 4.23. The lowest BCUT2D eigenvalue weighted by Crippen LogP contribution is -2.34. The summed E-state index contributed by atoms with van der Waals surface area (Å²) in [6, 6.07) is 14.9. The minimum absolute atomic E-state index is 0.0145. The summed E-state index contributed by atoms with van der Waals surface area (Å²) in [7, 11) is 1.62. The summed E-state index contributed by atoms with van der Waals surface area (Å²) in [4.78, 5) is 19.0. The molecule has 2 heterocycles. The smallest absolute Gasteiger partial charge is 0.261 e. The molecular formula is C22H23N3O4. The van der Waals surface area contributed by atoms with Crippen LogP contribution in [0.15, 0.2) is 53.1 Å². The standard InChI is InChI=1S/C22H23N3O4/c1-15-5-3-6-18(13-15)28-14-20(26)25-12-4-7-19(25)22-23-21(24-29-22)16-8-10-17(27-2)11-9-16/h3,5-6,8-11,13,19H,4,7,12,14H2,1-2H3. The van der Waals surface area contributed by atoms with Gasteiger partial charge in [-0.15, -0.1) is 0 Å². The molecule has 4 rings (SSSR count). The van der Waals surface area contributed by atoms with E-state index in [-0.39, 0.29) is 18.6 Å². The first kappa shape index (κ1) is 19.0. The van der Waals surface area contributed by atoms with Crippen LogP contribution in [0.5, 0.6) is 11.5 Å². The molecule has 0 spiro atoms. The van der Waals surface area contributed by atoms with E-state index >= 15 is 0 Å². The first-order valence-electron chi connectivity index (χ1n) is 9.61. The Hall–Kier alpha value is -3.35. The molecule has 150 valence electrons. The van der Waals surface area contributed by atoms with E-state index in [4.69, 9.17) is 14.0 Å². The number of carbonyl (C=O) groups is 1. The molecule has 1 unspecified atom stereocenters. The molecule has 1 aliphatic rings. The number of aryl methyl sites for hydroxylation is 1.